The van der Waals surface area contributed by atoms with E-state index in [0.29, 0.717) is 30.8 Å². The minimum absolute atomic E-state index is 0.00983. The highest BCUT2D eigenvalue weighted by Gasteiger charge is 2.32. The Hall–Kier alpha value is -3.25. The summed E-state index contributed by atoms with van der Waals surface area (Å²) >= 11 is 1.58. The maximum Gasteiger partial charge on any atom is 0.224 e. The molecule has 0 saturated carbocycles. The van der Waals surface area contributed by atoms with Crippen LogP contribution in [-0.4, -0.2) is 50.1 Å². The lowest BCUT2D eigenvalue weighted by molar-refractivity contribution is -0.245. The molecule has 3 aromatic rings. The first-order valence-electron chi connectivity index (χ1n) is 13.5. The molecule has 3 atom stereocenters. The molecule has 0 radical (unpaired) electrons. The first-order valence-corrected chi connectivity index (χ1v) is 14.5. The van der Waals surface area contributed by atoms with Gasteiger partial charge >= 0.3 is 0 Å². The highest BCUT2D eigenvalue weighted by Crippen LogP contribution is 2.39. The van der Waals surface area contributed by atoms with Gasteiger partial charge in [-0.3, -0.25) is 9.59 Å². The molecule has 1 aliphatic heterocycles. The maximum absolute atomic E-state index is 12.5. The van der Waals surface area contributed by atoms with Gasteiger partial charge in [0.15, 0.2) is 11.4 Å². The van der Waals surface area contributed by atoms with E-state index in [-0.39, 0.29) is 30.6 Å². The third kappa shape index (κ3) is 8.88. The van der Waals surface area contributed by atoms with E-state index in [0.717, 1.165) is 41.1 Å². The van der Waals surface area contributed by atoms with Gasteiger partial charge in [-0.05, 0) is 36.1 Å². The van der Waals surface area contributed by atoms with E-state index >= 15 is 0 Å². The Balaban J connectivity index is 1.40. The smallest absolute Gasteiger partial charge is 0.224 e. The number of carbonyl (C=O) groups is 2. The zero-order valence-electron chi connectivity index (χ0n) is 22.9. The second-order valence-electron chi connectivity index (χ2n) is 9.85. The van der Waals surface area contributed by atoms with Gasteiger partial charge in [0.25, 0.3) is 0 Å². The van der Waals surface area contributed by atoms with E-state index in [1.807, 2.05) is 60.1 Å². The van der Waals surface area contributed by atoms with Crippen molar-refractivity contribution in [1.29, 1.82) is 0 Å². The van der Waals surface area contributed by atoms with Crippen molar-refractivity contribution in [2.75, 3.05) is 17.6 Å². The molecule has 2 heterocycles. The molecule has 0 aliphatic carbocycles. The lowest BCUT2D eigenvalue weighted by atomic mass is 10.0. The Bertz CT molecular complexity index is 1250. The molecule has 3 N–H and O–H groups in total. The molecule has 1 fully saturated rings. The molecule has 214 valence electrons. The van der Waals surface area contributed by atoms with Crippen molar-refractivity contribution in [3.8, 4) is 0 Å². The fourth-order valence-electron chi connectivity index (χ4n) is 4.43. The molecule has 40 heavy (non-hydrogen) atoms. The SMILES string of the molecule is CC(=O)NCCCCCC(=O)Nc1cccc([C@H]2O[C@@H](CSc3nncn3C)C[C@@H](c3ccc(CO)cc3)O2)c1. The zero-order valence-corrected chi connectivity index (χ0v) is 23.7. The Morgan fingerprint density at radius 3 is 2.65 bits per heavy atom. The van der Waals surface area contributed by atoms with E-state index < -0.39 is 6.29 Å². The van der Waals surface area contributed by atoms with Gasteiger partial charge in [-0.15, -0.1) is 10.2 Å². The summed E-state index contributed by atoms with van der Waals surface area (Å²) in [5.41, 5.74) is 3.37. The number of unbranched alkanes of at least 4 members (excludes halogenated alkanes) is 2. The van der Waals surface area contributed by atoms with E-state index in [2.05, 4.69) is 20.8 Å². The van der Waals surface area contributed by atoms with Crippen LogP contribution in [-0.2, 0) is 32.7 Å². The number of aliphatic hydroxyl groups excluding tert-OH is 1. The molecule has 1 aliphatic rings. The summed E-state index contributed by atoms with van der Waals surface area (Å²) in [7, 11) is 1.91. The van der Waals surface area contributed by atoms with Crippen LogP contribution in [0.5, 0.6) is 0 Å². The Morgan fingerprint density at radius 1 is 1.10 bits per heavy atom. The molecule has 11 heteroatoms. The van der Waals surface area contributed by atoms with E-state index in [4.69, 9.17) is 9.47 Å². The fourth-order valence-corrected chi connectivity index (χ4v) is 5.34. The van der Waals surface area contributed by atoms with Gasteiger partial charge in [-0.1, -0.05) is 54.6 Å². The minimum Gasteiger partial charge on any atom is -0.392 e. The molecule has 1 saturated heterocycles. The maximum atomic E-state index is 12.5. The third-order valence-electron chi connectivity index (χ3n) is 6.58. The molecule has 4 rings (SSSR count). The first kappa shape index (κ1) is 29.7. The predicted molar refractivity (Wildman–Crippen MR) is 152 cm³/mol. The van der Waals surface area contributed by atoms with Crippen LogP contribution in [0.25, 0.3) is 0 Å². The van der Waals surface area contributed by atoms with Gasteiger partial charge in [0.1, 0.15) is 6.33 Å². The van der Waals surface area contributed by atoms with Crippen LogP contribution >= 0.6 is 11.8 Å². The number of benzene rings is 2. The van der Waals surface area contributed by atoms with E-state index in [9.17, 15) is 14.7 Å². The molecule has 0 unspecified atom stereocenters. The zero-order chi connectivity index (χ0) is 28.3. The van der Waals surface area contributed by atoms with Crippen LogP contribution in [0.1, 0.15) is 68.1 Å². The topological polar surface area (TPSA) is 128 Å². The van der Waals surface area contributed by atoms with Gasteiger partial charge in [0, 0.05) is 50.4 Å². The number of ether oxygens (including phenoxy) is 2. The third-order valence-corrected chi connectivity index (χ3v) is 7.75. The standard InChI is InChI=1S/C29H37N5O5S/c1-20(36)30-14-5-3-4-9-27(37)32-24-8-6-7-23(15-24)28-38-25(18-40-29-33-31-19-34(29)2)16-26(39-28)22-12-10-21(17-35)11-13-22/h6-8,10-13,15,19,25-26,28,35H,3-5,9,14,16-18H2,1-2H3,(H,30,36)(H,32,37)/t25-,26+,28+/m1/s1. The van der Waals surface area contributed by atoms with E-state index in [1.54, 1.807) is 18.1 Å². The Kier molecular flexibility index (Phi) is 11.1. The number of amides is 2. The van der Waals surface area contributed by atoms with Crippen LogP contribution in [0.4, 0.5) is 5.69 Å². The quantitative estimate of drug-likeness (QED) is 0.206. The number of aryl methyl sites for hydroxylation is 1. The summed E-state index contributed by atoms with van der Waals surface area (Å²) in [4.78, 5) is 23.5. The molecule has 0 spiro atoms. The summed E-state index contributed by atoms with van der Waals surface area (Å²) in [6.07, 6.45) is 4.28. The second-order valence-corrected chi connectivity index (χ2v) is 10.8. The molecular weight excluding hydrogens is 530 g/mol. The lowest BCUT2D eigenvalue weighted by Gasteiger charge is -2.36. The van der Waals surface area contributed by atoms with Crippen molar-refractivity contribution in [3.63, 3.8) is 0 Å². The molecule has 1 aromatic heterocycles. The van der Waals surface area contributed by atoms with Crippen LogP contribution in [0.2, 0.25) is 0 Å². The van der Waals surface area contributed by atoms with Gasteiger partial charge in [-0.25, -0.2) is 0 Å². The normalized spacial score (nSPS) is 18.8. The van der Waals surface area contributed by atoms with Crippen molar-refractivity contribution in [2.45, 2.75) is 69.3 Å². The Morgan fingerprint density at radius 2 is 1.93 bits per heavy atom. The van der Waals surface area contributed by atoms with Crippen molar-refractivity contribution in [2.24, 2.45) is 7.05 Å². The minimum atomic E-state index is -0.619. The van der Waals surface area contributed by atoms with Gasteiger partial charge in [-0.2, -0.15) is 0 Å². The van der Waals surface area contributed by atoms with Crippen molar-refractivity contribution in [1.82, 2.24) is 20.1 Å². The largest absolute Gasteiger partial charge is 0.392 e. The summed E-state index contributed by atoms with van der Waals surface area (Å²) in [5.74, 6) is 0.586. The molecule has 2 amide bonds. The van der Waals surface area contributed by atoms with Crippen LogP contribution in [0, 0.1) is 0 Å². The molecule has 2 aromatic carbocycles. The summed E-state index contributed by atoms with van der Waals surface area (Å²) in [5, 5.41) is 24.1. The number of anilines is 1. The first-order chi connectivity index (χ1) is 19.4. The molecule has 0 bridgehead atoms. The average molecular weight is 568 g/mol. The molecule has 10 nitrogen and oxygen atoms in total. The summed E-state index contributed by atoms with van der Waals surface area (Å²) in [6, 6.07) is 15.3. The Labute approximate surface area is 238 Å². The predicted octanol–water partition coefficient (Wildman–Crippen LogP) is 4.28. The van der Waals surface area contributed by atoms with Gasteiger partial charge < -0.3 is 29.8 Å². The highest BCUT2D eigenvalue weighted by atomic mass is 32.2. The highest BCUT2D eigenvalue weighted by molar-refractivity contribution is 7.99. The number of aliphatic hydroxyl groups is 1. The van der Waals surface area contributed by atoms with Gasteiger partial charge in [0.2, 0.25) is 11.8 Å². The van der Waals surface area contributed by atoms with Crippen LogP contribution < -0.4 is 10.6 Å². The molecular formula is C29H37N5O5S. The number of carbonyl (C=O) groups excluding carboxylic acids is 2. The van der Waals surface area contributed by atoms with Gasteiger partial charge in [0.05, 0.1) is 18.8 Å². The average Bonchev–Trinajstić information content (AvgIpc) is 3.38. The van der Waals surface area contributed by atoms with Crippen molar-refractivity contribution < 1.29 is 24.2 Å². The van der Waals surface area contributed by atoms with E-state index in [1.165, 1.54) is 6.92 Å². The summed E-state index contributed by atoms with van der Waals surface area (Å²) < 4.78 is 14.7. The number of thioether (sulfide) groups is 1. The monoisotopic (exact) mass is 567 g/mol. The fraction of sp³-hybridized carbons (Fsp3) is 0.448. The van der Waals surface area contributed by atoms with Crippen LogP contribution in [0.3, 0.4) is 0 Å². The number of nitrogens with one attached hydrogen (secondary N) is 2. The number of hydrogen-bond donors (Lipinski definition) is 3. The number of aromatic nitrogens is 3. The number of rotatable bonds is 13. The lowest BCUT2D eigenvalue weighted by Crippen LogP contribution is -2.31. The van der Waals surface area contributed by atoms with Crippen molar-refractivity contribution >= 4 is 29.3 Å². The van der Waals surface area contributed by atoms with Crippen LogP contribution in [0.15, 0.2) is 60.0 Å². The summed E-state index contributed by atoms with van der Waals surface area (Å²) in [6.45, 7) is 2.12. The number of nitrogens with zero attached hydrogens (tertiary/aromatic N) is 3. The number of hydrogen-bond acceptors (Lipinski definition) is 8. The second kappa shape index (κ2) is 14.9. The van der Waals surface area contributed by atoms with Crippen molar-refractivity contribution in [3.05, 3.63) is 71.5 Å².